The van der Waals surface area contributed by atoms with E-state index in [4.69, 9.17) is 16.7 Å². The Labute approximate surface area is 132 Å². The molecule has 0 radical (unpaired) electrons. The minimum absolute atomic E-state index is 0.00500. The molecule has 1 fully saturated rings. The third-order valence-electron chi connectivity index (χ3n) is 3.27. The van der Waals surface area contributed by atoms with E-state index in [0.717, 1.165) is 0 Å². The smallest absolute Gasteiger partial charge is 0.307 e. The van der Waals surface area contributed by atoms with Crippen molar-refractivity contribution in [3.63, 3.8) is 0 Å². The van der Waals surface area contributed by atoms with Gasteiger partial charge in [-0.05, 0) is 24.6 Å². The van der Waals surface area contributed by atoms with Gasteiger partial charge in [-0.3, -0.25) is 9.59 Å². The Morgan fingerprint density at radius 2 is 2.00 bits per heavy atom. The first kappa shape index (κ1) is 16.7. The maximum absolute atomic E-state index is 12.0. The lowest BCUT2D eigenvalue weighted by Crippen LogP contribution is -2.35. The molecular weight excluding hydrogens is 332 g/mol. The lowest BCUT2D eigenvalue weighted by atomic mass is 10.3. The molecule has 0 bridgehead atoms. The van der Waals surface area contributed by atoms with Gasteiger partial charge in [0.05, 0.1) is 16.7 Å². The molecule has 1 aliphatic rings. The number of halogens is 1. The summed E-state index contributed by atoms with van der Waals surface area (Å²) in [5.41, 5.74) is 0. The van der Waals surface area contributed by atoms with E-state index in [2.05, 4.69) is 10.0 Å². The van der Waals surface area contributed by atoms with Crippen LogP contribution in [0.15, 0.2) is 29.2 Å². The van der Waals surface area contributed by atoms with Crippen molar-refractivity contribution in [3.8, 4) is 0 Å². The topological polar surface area (TPSA) is 113 Å². The highest BCUT2D eigenvalue weighted by molar-refractivity contribution is 7.89. The monoisotopic (exact) mass is 346 g/mol. The second-order valence-corrected chi connectivity index (χ2v) is 7.14. The van der Waals surface area contributed by atoms with Gasteiger partial charge >= 0.3 is 5.97 Å². The number of hydrogen-bond donors (Lipinski definition) is 3. The average molecular weight is 347 g/mol. The lowest BCUT2D eigenvalue weighted by Gasteiger charge is -2.08. The minimum atomic E-state index is -3.69. The van der Waals surface area contributed by atoms with E-state index in [-0.39, 0.29) is 23.9 Å². The molecule has 0 aliphatic heterocycles. The Morgan fingerprint density at radius 1 is 1.27 bits per heavy atom. The third-order valence-corrected chi connectivity index (χ3v) is 4.96. The summed E-state index contributed by atoms with van der Waals surface area (Å²) in [6.07, 6.45) is 0.329. The fourth-order valence-corrected chi connectivity index (χ4v) is 3.31. The molecule has 3 N–H and O–H groups in total. The van der Waals surface area contributed by atoms with Crippen molar-refractivity contribution in [1.82, 2.24) is 10.0 Å². The molecule has 2 unspecified atom stereocenters. The molecule has 22 heavy (non-hydrogen) atoms. The quantitative estimate of drug-likeness (QED) is 0.621. The summed E-state index contributed by atoms with van der Waals surface area (Å²) in [6.45, 7) is 0.0898. The summed E-state index contributed by atoms with van der Waals surface area (Å²) in [4.78, 5) is 22.3. The number of carboxylic acid groups (broad SMARTS) is 1. The summed E-state index contributed by atoms with van der Waals surface area (Å²) in [7, 11) is -3.69. The number of hydrogen-bond acceptors (Lipinski definition) is 4. The third kappa shape index (κ3) is 4.19. The molecule has 0 heterocycles. The summed E-state index contributed by atoms with van der Waals surface area (Å²) in [6, 6.07) is 5.83. The van der Waals surface area contributed by atoms with Crippen molar-refractivity contribution in [2.45, 2.75) is 11.3 Å². The Morgan fingerprint density at radius 3 is 2.59 bits per heavy atom. The van der Waals surface area contributed by atoms with Gasteiger partial charge in [-0.1, -0.05) is 17.7 Å². The van der Waals surface area contributed by atoms with E-state index in [1.807, 2.05) is 0 Å². The van der Waals surface area contributed by atoms with Gasteiger partial charge in [-0.2, -0.15) is 0 Å². The fourth-order valence-electron chi connectivity index (χ4n) is 1.98. The minimum Gasteiger partial charge on any atom is -0.481 e. The van der Waals surface area contributed by atoms with Gasteiger partial charge in [-0.15, -0.1) is 0 Å². The van der Waals surface area contributed by atoms with Crippen molar-refractivity contribution in [1.29, 1.82) is 0 Å². The lowest BCUT2D eigenvalue weighted by molar-refractivity contribution is -0.140. The van der Waals surface area contributed by atoms with Gasteiger partial charge in [0.15, 0.2) is 0 Å². The van der Waals surface area contributed by atoms with E-state index in [1.165, 1.54) is 18.2 Å². The highest BCUT2D eigenvalue weighted by atomic mass is 35.5. The van der Waals surface area contributed by atoms with E-state index < -0.39 is 27.8 Å². The van der Waals surface area contributed by atoms with Crippen LogP contribution in [0.2, 0.25) is 5.02 Å². The van der Waals surface area contributed by atoms with Gasteiger partial charge in [0.25, 0.3) is 0 Å². The van der Waals surface area contributed by atoms with Gasteiger partial charge in [0.2, 0.25) is 15.9 Å². The van der Waals surface area contributed by atoms with E-state index in [1.54, 1.807) is 6.07 Å². The molecule has 0 saturated heterocycles. The molecular formula is C13H15ClN2O5S. The van der Waals surface area contributed by atoms with Crippen LogP contribution in [-0.2, 0) is 19.6 Å². The molecule has 9 heteroatoms. The number of amides is 1. The Kier molecular flexibility index (Phi) is 5.05. The molecule has 1 aliphatic carbocycles. The van der Waals surface area contributed by atoms with Crippen LogP contribution in [0.1, 0.15) is 6.42 Å². The van der Waals surface area contributed by atoms with Gasteiger partial charge in [0.1, 0.15) is 0 Å². The molecule has 1 aromatic rings. The number of carboxylic acids is 1. The highest BCUT2D eigenvalue weighted by Crippen LogP contribution is 2.38. The van der Waals surface area contributed by atoms with Crippen LogP contribution in [0.4, 0.5) is 0 Å². The summed E-state index contributed by atoms with van der Waals surface area (Å²) < 4.78 is 26.2. The molecule has 2 atom stereocenters. The standard InChI is InChI=1S/C13H15ClN2O5S/c14-8-2-1-3-9(6-8)22(20,21)16-5-4-15-12(17)10-7-11(10)13(18)19/h1-3,6,10-11,16H,4-5,7H2,(H,15,17)(H,18,19). The summed E-state index contributed by atoms with van der Waals surface area (Å²) in [5, 5.41) is 11.5. The first-order valence-corrected chi connectivity index (χ1v) is 8.43. The number of nitrogens with one attached hydrogen (secondary N) is 2. The number of aliphatic carboxylic acids is 1. The van der Waals surface area contributed by atoms with Crippen molar-refractivity contribution >= 4 is 33.5 Å². The van der Waals surface area contributed by atoms with E-state index in [0.29, 0.717) is 11.4 Å². The average Bonchev–Trinajstić information content (AvgIpc) is 3.24. The Bertz CT molecular complexity index is 691. The van der Waals surface area contributed by atoms with Crippen molar-refractivity contribution in [3.05, 3.63) is 29.3 Å². The van der Waals surface area contributed by atoms with Crippen LogP contribution in [0.5, 0.6) is 0 Å². The van der Waals surface area contributed by atoms with Crippen LogP contribution >= 0.6 is 11.6 Å². The zero-order valence-electron chi connectivity index (χ0n) is 11.5. The van der Waals surface area contributed by atoms with Gasteiger partial charge in [0, 0.05) is 18.1 Å². The fraction of sp³-hybridized carbons (Fsp3) is 0.385. The molecule has 1 saturated carbocycles. The van der Waals surface area contributed by atoms with Crippen LogP contribution in [0.3, 0.4) is 0 Å². The number of benzene rings is 1. The van der Waals surface area contributed by atoms with Crippen molar-refractivity contribution in [2.75, 3.05) is 13.1 Å². The number of carbonyl (C=O) groups excluding carboxylic acids is 1. The largest absolute Gasteiger partial charge is 0.481 e. The second kappa shape index (κ2) is 6.64. The molecule has 7 nitrogen and oxygen atoms in total. The van der Waals surface area contributed by atoms with Gasteiger partial charge < -0.3 is 10.4 Å². The first-order chi connectivity index (χ1) is 10.3. The molecule has 1 amide bonds. The number of carbonyl (C=O) groups is 2. The zero-order valence-corrected chi connectivity index (χ0v) is 13.0. The van der Waals surface area contributed by atoms with Gasteiger partial charge in [-0.25, -0.2) is 13.1 Å². The van der Waals surface area contributed by atoms with E-state index in [9.17, 15) is 18.0 Å². The molecule has 0 spiro atoms. The Hall–Kier alpha value is -1.64. The highest BCUT2D eigenvalue weighted by Gasteiger charge is 2.48. The zero-order chi connectivity index (χ0) is 16.3. The molecule has 0 aromatic heterocycles. The Balaban J connectivity index is 1.77. The SMILES string of the molecule is O=C(O)C1CC1C(=O)NCCNS(=O)(=O)c1cccc(Cl)c1. The van der Waals surface area contributed by atoms with Crippen molar-refractivity contribution in [2.24, 2.45) is 11.8 Å². The van der Waals surface area contributed by atoms with Crippen molar-refractivity contribution < 1.29 is 23.1 Å². The molecule has 120 valence electrons. The van der Waals surface area contributed by atoms with Crippen LogP contribution in [-0.4, -0.2) is 38.5 Å². The maximum atomic E-state index is 12.0. The number of sulfonamides is 1. The van der Waals surface area contributed by atoms with E-state index >= 15 is 0 Å². The van der Waals surface area contributed by atoms with Crippen LogP contribution in [0.25, 0.3) is 0 Å². The summed E-state index contributed by atoms with van der Waals surface area (Å²) >= 11 is 5.74. The predicted molar refractivity (Wildman–Crippen MR) is 78.9 cm³/mol. The van der Waals surface area contributed by atoms with Crippen LogP contribution < -0.4 is 10.0 Å². The maximum Gasteiger partial charge on any atom is 0.307 e. The normalized spacial score (nSPS) is 20.4. The second-order valence-electron chi connectivity index (χ2n) is 4.93. The first-order valence-electron chi connectivity index (χ1n) is 6.57. The number of rotatable bonds is 7. The molecule has 2 rings (SSSR count). The summed E-state index contributed by atoms with van der Waals surface area (Å²) in [5.74, 6) is -2.48. The predicted octanol–water partition coefficient (Wildman–Crippen LogP) is 0.455. The molecule has 1 aromatic carbocycles. The van der Waals surface area contributed by atoms with Crippen LogP contribution in [0, 0.1) is 11.8 Å².